The van der Waals surface area contributed by atoms with Crippen molar-refractivity contribution < 1.29 is 41.8 Å². The smallest absolute Gasteiger partial charge is 0.416 e. The topological polar surface area (TPSA) is 122 Å². The first-order chi connectivity index (χ1) is 19.1. The highest BCUT2D eigenvalue weighted by Crippen LogP contribution is 2.40. The molecule has 0 radical (unpaired) electrons. The Morgan fingerprint density at radius 2 is 1.70 bits per heavy atom. The Kier molecular flexibility index (Phi) is 9.90. The fraction of sp³-hybridized carbons (Fsp3) is 0.259. The van der Waals surface area contributed by atoms with Crippen molar-refractivity contribution in [3.05, 3.63) is 81.4 Å². The molecule has 0 aliphatic heterocycles. The number of nitrogens with zero attached hydrogens (tertiary/aromatic N) is 2. The maximum Gasteiger partial charge on any atom is 0.416 e. The number of benzene rings is 3. The number of halogens is 3. The van der Waals surface area contributed by atoms with E-state index in [0.29, 0.717) is 35.8 Å². The third-order valence-electron chi connectivity index (χ3n) is 5.24. The predicted molar refractivity (Wildman–Crippen MR) is 140 cm³/mol. The van der Waals surface area contributed by atoms with Crippen LogP contribution in [0.1, 0.15) is 41.8 Å². The van der Waals surface area contributed by atoms with Crippen molar-refractivity contribution >= 4 is 17.8 Å². The molecule has 1 N–H and O–H groups in total. The highest BCUT2D eigenvalue weighted by atomic mass is 19.4. The maximum absolute atomic E-state index is 13.0. The Morgan fingerprint density at radius 3 is 2.35 bits per heavy atom. The van der Waals surface area contributed by atoms with Crippen LogP contribution >= 0.6 is 0 Å². The number of hydrogen-bond acceptors (Lipinski definition) is 8. The van der Waals surface area contributed by atoms with Crippen molar-refractivity contribution in [3.63, 3.8) is 0 Å². The van der Waals surface area contributed by atoms with Gasteiger partial charge in [0.15, 0.2) is 23.0 Å². The van der Waals surface area contributed by atoms with E-state index in [1.807, 2.05) is 6.92 Å². The van der Waals surface area contributed by atoms with Gasteiger partial charge in [0, 0.05) is 11.6 Å². The van der Waals surface area contributed by atoms with E-state index < -0.39 is 34.0 Å². The van der Waals surface area contributed by atoms with Crippen LogP contribution in [0.5, 0.6) is 28.7 Å². The van der Waals surface area contributed by atoms with Crippen LogP contribution in [0.25, 0.3) is 0 Å². The molecule has 40 heavy (non-hydrogen) atoms. The van der Waals surface area contributed by atoms with Gasteiger partial charge in [-0.2, -0.15) is 18.3 Å². The number of methoxy groups -OCH3 is 1. The Labute approximate surface area is 227 Å². The van der Waals surface area contributed by atoms with Crippen LogP contribution in [-0.2, 0) is 6.18 Å². The number of ether oxygens (including phenoxy) is 4. The predicted octanol–water partition coefficient (Wildman–Crippen LogP) is 6.37. The molecule has 0 aliphatic carbocycles. The summed E-state index contributed by atoms with van der Waals surface area (Å²) in [5, 5.41) is 15.3. The number of alkyl halides is 3. The van der Waals surface area contributed by atoms with Gasteiger partial charge in [-0.1, -0.05) is 6.92 Å². The molecule has 0 saturated carbocycles. The fourth-order valence-corrected chi connectivity index (χ4v) is 3.37. The summed E-state index contributed by atoms with van der Waals surface area (Å²) < 4.78 is 61.0. The lowest BCUT2D eigenvalue weighted by Crippen LogP contribution is -2.17. The van der Waals surface area contributed by atoms with Crippen LogP contribution in [0, 0.1) is 10.1 Å². The average Bonchev–Trinajstić information content (AvgIpc) is 2.92. The van der Waals surface area contributed by atoms with Gasteiger partial charge >= 0.3 is 11.9 Å². The summed E-state index contributed by atoms with van der Waals surface area (Å²) in [4.78, 5) is 23.0. The summed E-state index contributed by atoms with van der Waals surface area (Å²) in [5.74, 6) is 0.195. The molecule has 212 valence electrons. The van der Waals surface area contributed by atoms with E-state index in [4.69, 9.17) is 18.9 Å². The molecule has 0 fully saturated rings. The molecule has 3 aromatic carbocycles. The molecular weight excluding hydrogens is 535 g/mol. The largest absolute Gasteiger partial charge is 0.493 e. The second kappa shape index (κ2) is 13.3. The molecule has 0 saturated heterocycles. The zero-order valence-electron chi connectivity index (χ0n) is 21.8. The lowest BCUT2D eigenvalue weighted by molar-refractivity contribution is -0.385. The van der Waals surface area contributed by atoms with E-state index in [0.717, 1.165) is 12.5 Å². The first-order valence-electron chi connectivity index (χ1n) is 12.0. The average molecular weight is 562 g/mol. The van der Waals surface area contributed by atoms with Crippen LogP contribution in [0.3, 0.4) is 0 Å². The van der Waals surface area contributed by atoms with Crippen LogP contribution in [0.4, 0.5) is 18.9 Å². The molecule has 0 aliphatic rings. The maximum atomic E-state index is 13.0. The van der Waals surface area contributed by atoms with E-state index in [1.165, 1.54) is 37.6 Å². The van der Waals surface area contributed by atoms with Gasteiger partial charge < -0.3 is 18.9 Å². The van der Waals surface area contributed by atoms with Crippen molar-refractivity contribution in [1.82, 2.24) is 5.43 Å². The van der Waals surface area contributed by atoms with Crippen molar-refractivity contribution in [1.29, 1.82) is 0 Å². The summed E-state index contributed by atoms with van der Waals surface area (Å²) in [7, 11) is 1.47. The van der Waals surface area contributed by atoms with E-state index in [9.17, 15) is 28.1 Å². The second-order valence-electron chi connectivity index (χ2n) is 8.09. The molecule has 0 aromatic heterocycles. The third-order valence-corrected chi connectivity index (χ3v) is 5.24. The minimum Gasteiger partial charge on any atom is -0.493 e. The van der Waals surface area contributed by atoms with Crippen LogP contribution < -0.4 is 24.4 Å². The van der Waals surface area contributed by atoms with Crippen molar-refractivity contribution in [3.8, 4) is 28.7 Å². The highest BCUT2D eigenvalue weighted by molar-refractivity contribution is 5.95. The van der Waals surface area contributed by atoms with Crippen molar-refractivity contribution in [2.45, 2.75) is 26.4 Å². The summed E-state index contributed by atoms with van der Waals surface area (Å²) >= 11 is 0. The summed E-state index contributed by atoms with van der Waals surface area (Å²) in [6.45, 7) is 4.36. The van der Waals surface area contributed by atoms with Gasteiger partial charge in [0.25, 0.3) is 5.91 Å². The number of nitro groups is 1. The van der Waals surface area contributed by atoms with Gasteiger partial charge in [0.05, 0.1) is 37.0 Å². The lowest BCUT2D eigenvalue weighted by Gasteiger charge is -2.13. The molecule has 1 amide bonds. The fourth-order valence-electron chi connectivity index (χ4n) is 3.37. The van der Waals surface area contributed by atoms with E-state index in [-0.39, 0.29) is 23.7 Å². The highest BCUT2D eigenvalue weighted by Gasteiger charge is 2.33. The van der Waals surface area contributed by atoms with Gasteiger partial charge in [-0.3, -0.25) is 14.9 Å². The number of hydrazone groups is 1. The molecule has 0 bridgehead atoms. The van der Waals surface area contributed by atoms with Gasteiger partial charge in [-0.15, -0.1) is 0 Å². The van der Waals surface area contributed by atoms with Crippen LogP contribution in [0.2, 0.25) is 0 Å². The normalized spacial score (nSPS) is 11.2. The van der Waals surface area contributed by atoms with E-state index in [2.05, 4.69) is 10.5 Å². The minimum atomic E-state index is -4.76. The summed E-state index contributed by atoms with van der Waals surface area (Å²) in [6.07, 6.45) is -2.61. The van der Waals surface area contributed by atoms with Gasteiger partial charge in [0.2, 0.25) is 5.75 Å². The van der Waals surface area contributed by atoms with Crippen LogP contribution in [0.15, 0.2) is 59.7 Å². The molecule has 3 rings (SSSR count). The first-order valence-corrected chi connectivity index (χ1v) is 12.0. The van der Waals surface area contributed by atoms with Crippen molar-refractivity contribution in [2.75, 3.05) is 20.3 Å². The standard InChI is InChI=1S/C27H26F3N3O7/c1-4-12-39-22-10-7-18(14-24(22)37-3)26(34)32-31-16-17-6-9-23(25(13-17)38-5-2)40-21-11-8-19(27(28,29)30)15-20(21)33(35)36/h6-11,13-16H,4-5,12H2,1-3H3,(H,32,34)/b31-16+. The number of carbonyl (C=O) groups excluding carboxylic acids is 1. The third kappa shape index (κ3) is 7.62. The lowest BCUT2D eigenvalue weighted by atomic mass is 10.1. The number of nitro benzene ring substituents is 1. The molecule has 13 heteroatoms. The number of rotatable bonds is 12. The molecular formula is C27H26F3N3O7. The monoisotopic (exact) mass is 561 g/mol. The summed E-state index contributed by atoms with van der Waals surface area (Å²) in [6, 6.07) is 11.1. The molecule has 3 aromatic rings. The first kappa shape index (κ1) is 29.7. The zero-order valence-corrected chi connectivity index (χ0v) is 21.8. The SMILES string of the molecule is CCCOc1ccc(C(=O)N/N=C/c2ccc(Oc3ccc(C(F)(F)F)cc3[N+](=O)[O-])c(OCC)c2)cc1OC. The number of nitrogens with one attached hydrogen (secondary N) is 1. The van der Waals surface area contributed by atoms with Crippen LogP contribution in [-0.4, -0.2) is 37.4 Å². The summed E-state index contributed by atoms with van der Waals surface area (Å²) in [5.41, 5.74) is 1.13. The minimum absolute atomic E-state index is 0.0309. The molecule has 0 spiro atoms. The van der Waals surface area contributed by atoms with Crippen molar-refractivity contribution in [2.24, 2.45) is 5.10 Å². The Hall–Kier alpha value is -4.81. The van der Waals surface area contributed by atoms with E-state index >= 15 is 0 Å². The quantitative estimate of drug-likeness (QED) is 0.155. The zero-order chi connectivity index (χ0) is 29.3. The number of amides is 1. The Morgan fingerprint density at radius 1 is 0.975 bits per heavy atom. The molecule has 0 heterocycles. The van der Waals surface area contributed by atoms with Gasteiger partial charge in [-0.25, -0.2) is 5.43 Å². The van der Waals surface area contributed by atoms with Gasteiger partial charge in [-0.05, 0) is 67.4 Å². The molecule has 10 nitrogen and oxygen atoms in total. The second-order valence-corrected chi connectivity index (χ2v) is 8.09. The van der Waals surface area contributed by atoms with E-state index in [1.54, 1.807) is 19.1 Å². The molecule has 0 atom stereocenters. The van der Waals surface area contributed by atoms with Gasteiger partial charge in [0.1, 0.15) is 0 Å². The Balaban J connectivity index is 1.77. The molecule has 0 unspecified atom stereocenters. The number of carbonyl (C=O) groups is 1. The Bertz CT molecular complexity index is 1390. The number of hydrogen-bond donors (Lipinski definition) is 1.